The number of methoxy groups -OCH3 is 1. The quantitative estimate of drug-likeness (QED) is 0.672. The van der Waals surface area contributed by atoms with Crippen molar-refractivity contribution in [3.63, 3.8) is 0 Å². The molecule has 0 radical (unpaired) electrons. The van der Waals surface area contributed by atoms with Crippen molar-refractivity contribution >= 4 is 11.9 Å². The second-order valence-electron chi connectivity index (χ2n) is 5.67. The highest BCUT2D eigenvalue weighted by molar-refractivity contribution is 5.81. The molecule has 1 amide bonds. The molecule has 0 bridgehead atoms. The Labute approximate surface area is 136 Å². The fourth-order valence-corrected chi connectivity index (χ4v) is 2.41. The van der Waals surface area contributed by atoms with E-state index in [9.17, 15) is 9.59 Å². The first-order valence-electron chi connectivity index (χ1n) is 7.81. The molecule has 0 fully saturated rings. The van der Waals surface area contributed by atoms with Crippen molar-refractivity contribution in [1.82, 2.24) is 5.32 Å². The number of hydrogen-bond acceptors (Lipinski definition) is 4. The molecule has 0 saturated carbocycles. The predicted molar refractivity (Wildman–Crippen MR) is 86.6 cm³/mol. The monoisotopic (exact) mass is 317 g/mol. The SMILES string of the molecule is CO[C@@H]1CC=CC[C@@H](C)C(=O)OC[C@@H](c2ccccc2)NC1=O. The summed E-state index contributed by atoms with van der Waals surface area (Å²) in [6.07, 6.45) is 4.28. The Kier molecular flexibility index (Phi) is 6.35. The second kappa shape index (κ2) is 8.48. The Morgan fingerprint density at radius 1 is 1.13 bits per heavy atom. The Morgan fingerprint density at radius 2 is 1.83 bits per heavy atom. The number of rotatable bonds is 2. The van der Waals surface area contributed by atoms with Gasteiger partial charge in [-0.25, -0.2) is 0 Å². The number of cyclic esters (lactones) is 1. The number of benzene rings is 1. The van der Waals surface area contributed by atoms with Crippen LogP contribution in [0.1, 0.15) is 31.4 Å². The normalized spacial score (nSPS) is 26.6. The molecule has 0 spiro atoms. The van der Waals surface area contributed by atoms with Crippen LogP contribution < -0.4 is 5.32 Å². The molecular weight excluding hydrogens is 294 g/mol. The van der Waals surface area contributed by atoms with E-state index in [1.165, 1.54) is 7.11 Å². The molecule has 5 heteroatoms. The highest BCUT2D eigenvalue weighted by Gasteiger charge is 2.24. The summed E-state index contributed by atoms with van der Waals surface area (Å²) in [4.78, 5) is 24.4. The van der Waals surface area contributed by atoms with E-state index in [1.807, 2.05) is 49.4 Å². The van der Waals surface area contributed by atoms with E-state index in [2.05, 4.69) is 5.32 Å². The molecule has 3 atom stereocenters. The minimum atomic E-state index is -0.553. The topological polar surface area (TPSA) is 64.6 Å². The van der Waals surface area contributed by atoms with E-state index in [-0.39, 0.29) is 30.4 Å². The summed E-state index contributed by atoms with van der Waals surface area (Å²) in [5.74, 6) is -0.678. The lowest BCUT2D eigenvalue weighted by atomic mass is 10.0. The molecule has 23 heavy (non-hydrogen) atoms. The van der Waals surface area contributed by atoms with Gasteiger partial charge in [-0.3, -0.25) is 9.59 Å². The lowest BCUT2D eigenvalue weighted by Gasteiger charge is -2.23. The minimum absolute atomic E-state index is 0.110. The number of allylic oxidation sites excluding steroid dienone is 1. The molecular formula is C18H23NO4. The summed E-state index contributed by atoms with van der Waals surface area (Å²) in [5.41, 5.74) is 0.892. The molecule has 0 unspecified atom stereocenters. The highest BCUT2D eigenvalue weighted by atomic mass is 16.5. The van der Waals surface area contributed by atoms with Crippen LogP contribution in [-0.2, 0) is 19.1 Å². The van der Waals surface area contributed by atoms with Crippen molar-refractivity contribution in [2.45, 2.75) is 31.9 Å². The zero-order chi connectivity index (χ0) is 16.7. The van der Waals surface area contributed by atoms with Crippen molar-refractivity contribution in [2.75, 3.05) is 13.7 Å². The first kappa shape index (κ1) is 17.2. The smallest absolute Gasteiger partial charge is 0.309 e. The van der Waals surface area contributed by atoms with Crippen LogP contribution in [0.4, 0.5) is 0 Å². The molecule has 1 aliphatic heterocycles. The lowest BCUT2D eigenvalue weighted by molar-refractivity contribution is -0.149. The van der Waals surface area contributed by atoms with Gasteiger partial charge in [-0.1, -0.05) is 49.4 Å². The number of carbonyl (C=O) groups is 2. The van der Waals surface area contributed by atoms with E-state index in [1.54, 1.807) is 0 Å². The summed E-state index contributed by atoms with van der Waals surface area (Å²) < 4.78 is 10.7. The number of carbonyl (C=O) groups excluding carboxylic acids is 2. The molecule has 1 aliphatic rings. The number of hydrogen-bond donors (Lipinski definition) is 1. The summed E-state index contributed by atoms with van der Waals surface area (Å²) >= 11 is 0. The number of nitrogens with one attached hydrogen (secondary N) is 1. The molecule has 2 rings (SSSR count). The number of esters is 1. The summed E-state index contributed by atoms with van der Waals surface area (Å²) in [6.45, 7) is 1.95. The van der Waals surface area contributed by atoms with Gasteiger partial charge in [0.2, 0.25) is 5.91 Å². The van der Waals surface area contributed by atoms with E-state index in [4.69, 9.17) is 9.47 Å². The van der Waals surface area contributed by atoms with Crippen molar-refractivity contribution in [2.24, 2.45) is 5.92 Å². The maximum atomic E-state index is 12.4. The largest absolute Gasteiger partial charge is 0.463 e. The van der Waals surface area contributed by atoms with Gasteiger partial charge in [0.05, 0.1) is 12.0 Å². The van der Waals surface area contributed by atoms with Gasteiger partial charge in [0.15, 0.2) is 0 Å². The Balaban J connectivity index is 2.21. The van der Waals surface area contributed by atoms with Crippen LogP contribution in [0.5, 0.6) is 0 Å². The molecule has 0 aromatic heterocycles. The zero-order valence-electron chi connectivity index (χ0n) is 13.5. The molecule has 1 aromatic carbocycles. The predicted octanol–water partition coefficient (Wildman–Crippen LogP) is 2.39. The van der Waals surface area contributed by atoms with Crippen LogP contribution in [0, 0.1) is 5.92 Å². The average molecular weight is 317 g/mol. The first-order valence-corrected chi connectivity index (χ1v) is 7.81. The van der Waals surface area contributed by atoms with E-state index in [0.717, 1.165) is 5.56 Å². The maximum Gasteiger partial charge on any atom is 0.309 e. The van der Waals surface area contributed by atoms with Gasteiger partial charge in [0.1, 0.15) is 12.7 Å². The zero-order valence-corrected chi connectivity index (χ0v) is 13.5. The van der Waals surface area contributed by atoms with Gasteiger partial charge in [0, 0.05) is 13.5 Å². The Morgan fingerprint density at radius 3 is 2.52 bits per heavy atom. The van der Waals surface area contributed by atoms with E-state index in [0.29, 0.717) is 12.8 Å². The fraction of sp³-hybridized carbons (Fsp3) is 0.444. The van der Waals surface area contributed by atoms with Crippen molar-refractivity contribution in [3.05, 3.63) is 48.0 Å². The van der Waals surface area contributed by atoms with Crippen LogP contribution in [0.3, 0.4) is 0 Å². The van der Waals surface area contributed by atoms with Crippen LogP contribution in [0.25, 0.3) is 0 Å². The van der Waals surface area contributed by atoms with E-state index < -0.39 is 6.10 Å². The molecule has 124 valence electrons. The minimum Gasteiger partial charge on any atom is -0.463 e. The highest BCUT2D eigenvalue weighted by Crippen LogP contribution is 2.17. The second-order valence-corrected chi connectivity index (χ2v) is 5.67. The average Bonchev–Trinajstić information content (AvgIpc) is 2.57. The molecule has 0 saturated heterocycles. The summed E-state index contributed by atoms with van der Waals surface area (Å²) in [5, 5.41) is 2.91. The van der Waals surface area contributed by atoms with Crippen LogP contribution in [-0.4, -0.2) is 31.7 Å². The van der Waals surface area contributed by atoms with Crippen LogP contribution in [0.15, 0.2) is 42.5 Å². The van der Waals surface area contributed by atoms with Crippen molar-refractivity contribution in [1.29, 1.82) is 0 Å². The summed E-state index contributed by atoms with van der Waals surface area (Å²) in [7, 11) is 1.52. The van der Waals surface area contributed by atoms with E-state index >= 15 is 0 Å². The fourth-order valence-electron chi connectivity index (χ4n) is 2.41. The van der Waals surface area contributed by atoms with Gasteiger partial charge in [0.25, 0.3) is 0 Å². The summed E-state index contributed by atoms with van der Waals surface area (Å²) in [6, 6.07) is 9.08. The van der Waals surface area contributed by atoms with Gasteiger partial charge < -0.3 is 14.8 Å². The number of amides is 1. The first-order chi connectivity index (χ1) is 11.1. The third kappa shape index (κ3) is 4.93. The van der Waals surface area contributed by atoms with Crippen molar-refractivity contribution < 1.29 is 19.1 Å². The lowest BCUT2D eigenvalue weighted by Crippen LogP contribution is -2.40. The Hall–Kier alpha value is -2.14. The van der Waals surface area contributed by atoms with Gasteiger partial charge >= 0.3 is 5.97 Å². The maximum absolute atomic E-state index is 12.4. The standard InChI is InChI=1S/C18H23NO4/c1-13-8-6-7-11-16(22-2)17(20)19-15(12-23-18(13)21)14-9-4-3-5-10-14/h3-7,9-10,13,15-16H,8,11-12H2,1-2H3,(H,19,20)/t13-,15+,16-/m1/s1. The van der Waals surface area contributed by atoms with Crippen LogP contribution in [0.2, 0.25) is 0 Å². The Bertz CT molecular complexity index is 555. The molecule has 5 nitrogen and oxygen atoms in total. The van der Waals surface area contributed by atoms with Crippen molar-refractivity contribution in [3.8, 4) is 0 Å². The van der Waals surface area contributed by atoms with Gasteiger partial charge in [-0.2, -0.15) is 0 Å². The van der Waals surface area contributed by atoms with Crippen LogP contribution >= 0.6 is 0 Å². The molecule has 1 N–H and O–H groups in total. The molecule has 1 aromatic rings. The number of ether oxygens (including phenoxy) is 2. The third-order valence-corrected chi connectivity index (χ3v) is 3.90. The molecule has 1 heterocycles. The third-order valence-electron chi connectivity index (χ3n) is 3.90. The van der Waals surface area contributed by atoms with Gasteiger partial charge in [-0.05, 0) is 12.0 Å². The molecule has 0 aliphatic carbocycles. The van der Waals surface area contributed by atoms with Gasteiger partial charge in [-0.15, -0.1) is 0 Å².